The van der Waals surface area contributed by atoms with Crippen LogP contribution in [0.1, 0.15) is 36.9 Å². The zero-order chi connectivity index (χ0) is 21.1. The summed E-state index contributed by atoms with van der Waals surface area (Å²) in [4.78, 5) is 36.8. The lowest BCUT2D eigenvalue weighted by Crippen LogP contribution is -2.31. The minimum atomic E-state index is -1.07. The molecule has 150 valence electrons. The van der Waals surface area contributed by atoms with E-state index >= 15 is 0 Å². The SMILES string of the molecule is CCCCN1C(=O)C(=O)C(=C(O)c2ccc([N+](=O)[O-])cc2)[C@H]1c1ccccc1F. The van der Waals surface area contributed by atoms with Gasteiger partial charge >= 0.3 is 0 Å². The summed E-state index contributed by atoms with van der Waals surface area (Å²) >= 11 is 0. The van der Waals surface area contributed by atoms with Crippen molar-refractivity contribution in [1.82, 2.24) is 4.90 Å². The molecule has 7 nitrogen and oxygen atoms in total. The standard InChI is InChI=1S/C21H19FN2O5/c1-2-3-12-23-18(15-6-4-5-7-16(15)22)17(20(26)21(23)27)19(25)13-8-10-14(11-9-13)24(28)29/h4-11,18,25H,2-3,12H2,1H3/t18-/m1/s1. The number of carbonyl (C=O) groups excluding carboxylic acids is 2. The van der Waals surface area contributed by atoms with Gasteiger partial charge in [0, 0.05) is 29.8 Å². The summed E-state index contributed by atoms with van der Waals surface area (Å²) in [7, 11) is 0. The molecule has 0 spiro atoms. The first kappa shape index (κ1) is 20.2. The van der Waals surface area contributed by atoms with Crippen LogP contribution in [-0.4, -0.2) is 33.2 Å². The van der Waals surface area contributed by atoms with Crippen LogP contribution in [0.2, 0.25) is 0 Å². The molecular formula is C21H19FN2O5. The Morgan fingerprint density at radius 2 is 1.83 bits per heavy atom. The second-order valence-electron chi connectivity index (χ2n) is 6.67. The highest BCUT2D eigenvalue weighted by Gasteiger charge is 2.46. The number of benzene rings is 2. The van der Waals surface area contributed by atoms with Crippen LogP contribution < -0.4 is 0 Å². The highest BCUT2D eigenvalue weighted by atomic mass is 19.1. The first-order valence-corrected chi connectivity index (χ1v) is 9.14. The number of hydrogen-bond donors (Lipinski definition) is 1. The number of nitro benzene ring substituents is 1. The molecule has 1 amide bonds. The van der Waals surface area contributed by atoms with Crippen LogP contribution in [0.25, 0.3) is 5.76 Å². The number of halogens is 1. The number of non-ortho nitro benzene ring substituents is 1. The minimum absolute atomic E-state index is 0.103. The van der Waals surface area contributed by atoms with Crippen molar-refractivity contribution in [3.8, 4) is 0 Å². The Labute approximate surface area is 166 Å². The second kappa shape index (κ2) is 8.22. The van der Waals surface area contributed by atoms with Crippen LogP contribution in [0.15, 0.2) is 54.1 Å². The van der Waals surface area contributed by atoms with Crippen LogP contribution in [0.4, 0.5) is 10.1 Å². The van der Waals surface area contributed by atoms with E-state index in [2.05, 4.69) is 0 Å². The molecule has 0 aliphatic carbocycles. The van der Waals surface area contributed by atoms with Crippen LogP contribution >= 0.6 is 0 Å². The summed E-state index contributed by atoms with van der Waals surface area (Å²) in [5, 5.41) is 21.6. The molecule has 1 aliphatic rings. The van der Waals surface area contributed by atoms with Gasteiger partial charge in [-0.15, -0.1) is 0 Å². The predicted octanol–water partition coefficient (Wildman–Crippen LogP) is 3.96. The highest BCUT2D eigenvalue weighted by molar-refractivity contribution is 6.46. The van der Waals surface area contributed by atoms with Gasteiger partial charge in [-0.05, 0) is 24.6 Å². The van der Waals surface area contributed by atoms with Crippen molar-refractivity contribution in [3.63, 3.8) is 0 Å². The zero-order valence-electron chi connectivity index (χ0n) is 15.7. The lowest BCUT2D eigenvalue weighted by molar-refractivity contribution is -0.384. The summed E-state index contributed by atoms with van der Waals surface area (Å²) in [6, 6.07) is 9.63. The van der Waals surface area contributed by atoms with E-state index in [1.165, 1.54) is 47.4 Å². The van der Waals surface area contributed by atoms with Crippen LogP contribution in [-0.2, 0) is 9.59 Å². The average Bonchev–Trinajstić information content (AvgIpc) is 2.96. The molecule has 1 atom stereocenters. The van der Waals surface area contributed by atoms with Gasteiger partial charge in [-0.2, -0.15) is 0 Å². The van der Waals surface area contributed by atoms with Crippen LogP contribution in [0.5, 0.6) is 0 Å². The third-order valence-corrected chi connectivity index (χ3v) is 4.84. The fourth-order valence-electron chi connectivity index (χ4n) is 3.36. The van der Waals surface area contributed by atoms with Crippen molar-refractivity contribution in [2.24, 2.45) is 0 Å². The Morgan fingerprint density at radius 3 is 2.41 bits per heavy atom. The predicted molar refractivity (Wildman–Crippen MR) is 103 cm³/mol. The molecule has 2 aromatic rings. The van der Waals surface area contributed by atoms with E-state index in [1.807, 2.05) is 6.92 Å². The van der Waals surface area contributed by atoms with E-state index in [0.717, 1.165) is 6.42 Å². The van der Waals surface area contributed by atoms with Gasteiger partial charge in [-0.3, -0.25) is 19.7 Å². The molecule has 0 saturated carbocycles. The van der Waals surface area contributed by atoms with Crippen molar-refractivity contribution < 1.29 is 24.0 Å². The topological polar surface area (TPSA) is 101 Å². The molecule has 2 aromatic carbocycles. The number of amides is 1. The number of likely N-dealkylation sites (tertiary alicyclic amines) is 1. The summed E-state index contributed by atoms with van der Waals surface area (Å²) in [6.07, 6.45) is 1.37. The number of carbonyl (C=O) groups is 2. The van der Waals surface area contributed by atoms with Gasteiger partial charge in [-0.1, -0.05) is 31.5 Å². The van der Waals surface area contributed by atoms with Crippen molar-refractivity contribution in [1.29, 1.82) is 0 Å². The number of unbranched alkanes of at least 4 members (excludes halogenated alkanes) is 1. The third kappa shape index (κ3) is 3.73. The Kier molecular flexibility index (Phi) is 5.72. The maximum atomic E-state index is 14.5. The van der Waals surface area contributed by atoms with Gasteiger partial charge in [0.25, 0.3) is 17.4 Å². The fraction of sp³-hybridized carbons (Fsp3) is 0.238. The fourth-order valence-corrected chi connectivity index (χ4v) is 3.36. The summed E-state index contributed by atoms with van der Waals surface area (Å²) < 4.78 is 14.5. The molecular weight excluding hydrogens is 379 g/mol. The number of ketones is 1. The minimum Gasteiger partial charge on any atom is -0.507 e. The maximum Gasteiger partial charge on any atom is 0.295 e. The zero-order valence-corrected chi connectivity index (χ0v) is 15.7. The first-order valence-electron chi connectivity index (χ1n) is 9.14. The number of nitro groups is 1. The number of nitrogens with zero attached hydrogens (tertiary/aromatic N) is 2. The second-order valence-corrected chi connectivity index (χ2v) is 6.67. The van der Waals surface area contributed by atoms with Crippen molar-refractivity contribution in [3.05, 3.63) is 81.2 Å². The van der Waals surface area contributed by atoms with Gasteiger partial charge in [0.15, 0.2) is 0 Å². The quantitative estimate of drug-likeness (QED) is 0.261. The van der Waals surface area contributed by atoms with Gasteiger partial charge < -0.3 is 10.0 Å². The van der Waals surface area contributed by atoms with E-state index in [1.54, 1.807) is 6.07 Å². The smallest absolute Gasteiger partial charge is 0.295 e. The van der Waals surface area contributed by atoms with Crippen molar-refractivity contribution in [2.45, 2.75) is 25.8 Å². The molecule has 3 rings (SSSR count). The van der Waals surface area contributed by atoms with Crippen molar-refractivity contribution >= 4 is 23.1 Å². The van der Waals surface area contributed by atoms with Crippen molar-refractivity contribution in [2.75, 3.05) is 6.54 Å². The summed E-state index contributed by atoms with van der Waals surface area (Å²) in [5.41, 5.74) is -0.183. The highest BCUT2D eigenvalue weighted by Crippen LogP contribution is 2.40. The van der Waals surface area contributed by atoms with Gasteiger partial charge in [-0.25, -0.2) is 4.39 Å². The largest absolute Gasteiger partial charge is 0.507 e. The van der Waals surface area contributed by atoms with Crippen LogP contribution in [0, 0.1) is 15.9 Å². The molecule has 1 heterocycles. The Bertz CT molecular complexity index is 1000. The van der Waals surface area contributed by atoms with E-state index in [9.17, 15) is 29.2 Å². The van der Waals surface area contributed by atoms with Gasteiger partial charge in [0.05, 0.1) is 16.5 Å². The number of rotatable bonds is 6. The third-order valence-electron chi connectivity index (χ3n) is 4.84. The van der Waals surface area contributed by atoms with E-state index < -0.39 is 34.2 Å². The van der Waals surface area contributed by atoms with Crippen LogP contribution in [0.3, 0.4) is 0 Å². The Morgan fingerprint density at radius 1 is 1.17 bits per heavy atom. The number of hydrogen-bond acceptors (Lipinski definition) is 5. The molecule has 0 unspecified atom stereocenters. The molecule has 1 saturated heterocycles. The lowest BCUT2D eigenvalue weighted by Gasteiger charge is -2.25. The van der Waals surface area contributed by atoms with E-state index in [4.69, 9.17) is 0 Å². The average molecular weight is 398 g/mol. The number of aliphatic hydroxyl groups excluding tert-OH is 1. The molecule has 0 bridgehead atoms. The molecule has 1 aliphatic heterocycles. The summed E-state index contributed by atoms with van der Waals surface area (Å²) in [5.74, 6) is -2.82. The van der Waals surface area contributed by atoms with E-state index in [0.29, 0.717) is 6.42 Å². The Hall–Kier alpha value is -3.55. The molecule has 1 N–H and O–H groups in total. The molecule has 1 fully saturated rings. The lowest BCUT2D eigenvalue weighted by atomic mass is 9.95. The molecule has 0 radical (unpaired) electrons. The number of aliphatic hydroxyl groups is 1. The number of Topliss-reactive ketones (excluding diaryl/α,β-unsaturated/α-hetero) is 1. The van der Waals surface area contributed by atoms with E-state index in [-0.39, 0.29) is 28.9 Å². The monoisotopic (exact) mass is 398 g/mol. The molecule has 29 heavy (non-hydrogen) atoms. The Balaban J connectivity index is 2.16. The molecule has 0 aromatic heterocycles. The first-order chi connectivity index (χ1) is 13.9. The normalized spacial score (nSPS) is 18.3. The summed E-state index contributed by atoms with van der Waals surface area (Å²) in [6.45, 7) is 2.16. The molecule has 8 heteroatoms. The van der Waals surface area contributed by atoms with Gasteiger partial charge in [0.2, 0.25) is 0 Å². The maximum absolute atomic E-state index is 14.5. The van der Waals surface area contributed by atoms with Gasteiger partial charge in [0.1, 0.15) is 11.6 Å².